The van der Waals surface area contributed by atoms with Gasteiger partial charge in [0.2, 0.25) is 5.91 Å². The summed E-state index contributed by atoms with van der Waals surface area (Å²) < 4.78 is 2.08. The number of nitrogens with two attached hydrogens (primary N) is 1. The van der Waals surface area contributed by atoms with Crippen molar-refractivity contribution in [2.75, 3.05) is 4.90 Å². The number of rotatable bonds is 7. The van der Waals surface area contributed by atoms with Gasteiger partial charge in [0.15, 0.2) is 5.82 Å². The third kappa shape index (κ3) is 4.26. The lowest BCUT2D eigenvalue weighted by atomic mass is 10.1. The number of nitrogens with one attached hydrogen (secondary N) is 2. The number of imidazole rings is 1. The number of tetrazole rings is 1. The van der Waals surface area contributed by atoms with Crippen LogP contribution in [-0.2, 0) is 24.7 Å². The van der Waals surface area contributed by atoms with E-state index < -0.39 is 0 Å². The van der Waals surface area contributed by atoms with Crippen molar-refractivity contribution in [3.63, 3.8) is 0 Å². The van der Waals surface area contributed by atoms with E-state index in [-0.39, 0.29) is 24.2 Å². The van der Waals surface area contributed by atoms with E-state index in [1.54, 1.807) is 0 Å². The number of aryl methyl sites for hydroxylation is 1. The lowest BCUT2D eigenvalue weighted by Crippen LogP contribution is -2.40. The Labute approximate surface area is 196 Å². The Morgan fingerprint density at radius 2 is 1.97 bits per heavy atom. The van der Waals surface area contributed by atoms with Crippen LogP contribution in [0.1, 0.15) is 48.5 Å². The number of aromatic amines is 1. The molecule has 0 spiro atoms. The first kappa shape index (κ1) is 21.7. The SMILES string of the molecule is Cn1c(Cc2ccc(C(=N)N)cc2)nc2cc(N(C(=O)Cc3nn[nH]n3)C3CCCC3)ccc21. The van der Waals surface area contributed by atoms with E-state index in [0.29, 0.717) is 17.8 Å². The highest BCUT2D eigenvalue weighted by molar-refractivity contribution is 5.97. The molecule has 10 nitrogen and oxygen atoms in total. The van der Waals surface area contributed by atoms with Crippen LogP contribution < -0.4 is 10.6 Å². The minimum absolute atomic E-state index is 0.0330. The van der Waals surface area contributed by atoms with Gasteiger partial charge in [0.25, 0.3) is 0 Å². The highest BCUT2D eigenvalue weighted by Crippen LogP contribution is 2.31. The molecule has 0 radical (unpaired) electrons. The van der Waals surface area contributed by atoms with Crippen LogP contribution in [0.25, 0.3) is 11.0 Å². The van der Waals surface area contributed by atoms with Crippen molar-refractivity contribution in [1.82, 2.24) is 30.2 Å². The smallest absolute Gasteiger partial charge is 0.235 e. The lowest BCUT2D eigenvalue weighted by Gasteiger charge is -2.29. The van der Waals surface area contributed by atoms with E-state index in [4.69, 9.17) is 16.1 Å². The number of hydrogen-bond acceptors (Lipinski definition) is 6. The Bertz CT molecular complexity index is 1320. The summed E-state index contributed by atoms with van der Waals surface area (Å²) in [6, 6.07) is 13.9. The topological polar surface area (TPSA) is 142 Å². The molecule has 174 valence electrons. The summed E-state index contributed by atoms with van der Waals surface area (Å²) in [5, 5.41) is 21.4. The molecular formula is C24H27N9O. The quantitative estimate of drug-likeness (QED) is 0.287. The zero-order valence-corrected chi connectivity index (χ0v) is 19.0. The molecule has 5 rings (SSSR count). The molecule has 1 aliphatic carbocycles. The van der Waals surface area contributed by atoms with Crippen molar-refractivity contribution in [2.24, 2.45) is 12.8 Å². The van der Waals surface area contributed by atoms with Gasteiger partial charge in [-0.25, -0.2) is 4.98 Å². The minimum Gasteiger partial charge on any atom is -0.384 e. The van der Waals surface area contributed by atoms with Crippen LogP contribution in [-0.4, -0.2) is 48.0 Å². The number of fused-ring (bicyclic) bond motifs is 1. The third-order valence-electron chi connectivity index (χ3n) is 6.52. The molecule has 0 atom stereocenters. The van der Waals surface area contributed by atoms with Gasteiger partial charge in [-0.1, -0.05) is 42.3 Å². The predicted octanol–water partition coefficient (Wildman–Crippen LogP) is 2.48. The molecule has 2 aromatic carbocycles. The van der Waals surface area contributed by atoms with Crippen LogP contribution in [0.3, 0.4) is 0 Å². The molecule has 0 saturated heterocycles. The van der Waals surface area contributed by atoms with E-state index in [2.05, 4.69) is 25.2 Å². The van der Waals surface area contributed by atoms with Crippen molar-refractivity contribution in [3.8, 4) is 0 Å². The fourth-order valence-electron chi connectivity index (χ4n) is 4.73. The number of benzene rings is 2. The molecule has 0 bridgehead atoms. The summed E-state index contributed by atoms with van der Waals surface area (Å²) in [6.45, 7) is 0. The first-order chi connectivity index (χ1) is 16.5. The van der Waals surface area contributed by atoms with Crippen molar-refractivity contribution in [3.05, 3.63) is 65.2 Å². The molecular weight excluding hydrogens is 430 g/mol. The highest BCUT2D eigenvalue weighted by atomic mass is 16.2. The van der Waals surface area contributed by atoms with Gasteiger partial charge in [0.1, 0.15) is 11.7 Å². The molecule has 10 heteroatoms. The van der Waals surface area contributed by atoms with Crippen LogP contribution in [0.5, 0.6) is 0 Å². The average molecular weight is 458 g/mol. The van der Waals surface area contributed by atoms with Crippen molar-refractivity contribution >= 4 is 28.5 Å². The lowest BCUT2D eigenvalue weighted by molar-refractivity contribution is -0.118. The Morgan fingerprint density at radius 1 is 1.21 bits per heavy atom. The number of aromatic nitrogens is 6. The van der Waals surface area contributed by atoms with Crippen LogP contribution in [0.4, 0.5) is 5.69 Å². The second-order valence-electron chi connectivity index (χ2n) is 8.75. The normalized spacial score (nSPS) is 14.0. The summed E-state index contributed by atoms with van der Waals surface area (Å²) in [5.74, 6) is 1.34. The van der Waals surface area contributed by atoms with E-state index in [0.717, 1.165) is 53.8 Å². The van der Waals surface area contributed by atoms with Gasteiger partial charge in [-0.05, 0) is 36.6 Å². The maximum atomic E-state index is 13.3. The third-order valence-corrected chi connectivity index (χ3v) is 6.52. The monoisotopic (exact) mass is 457 g/mol. The van der Waals surface area contributed by atoms with Gasteiger partial charge in [0, 0.05) is 30.8 Å². The van der Waals surface area contributed by atoms with Crippen molar-refractivity contribution in [2.45, 2.75) is 44.6 Å². The Kier molecular flexibility index (Phi) is 5.79. The van der Waals surface area contributed by atoms with E-state index >= 15 is 0 Å². The van der Waals surface area contributed by atoms with E-state index in [1.165, 1.54) is 0 Å². The number of H-pyrrole nitrogens is 1. The fourth-order valence-corrected chi connectivity index (χ4v) is 4.73. The number of anilines is 1. The molecule has 4 N–H and O–H groups in total. The Balaban J connectivity index is 1.44. The highest BCUT2D eigenvalue weighted by Gasteiger charge is 2.29. The van der Waals surface area contributed by atoms with Crippen molar-refractivity contribution in [1.29, 1.82) is 5.41 Å². The molecule has 1 saturated carbocycles. The predicted molar refractivity (Wildman–Crippen MR) is 129 cm³/mol. The maximum absolute atomic E-state index is 13.3. The van der Waals surface area contributed by atoms with Gasteiger partial charge in [-0.15, -0.1) is 10.2 Å². The molecule has 2 aromatic heterocycles. The largest absolute Gasteiger partial charge is 0.384 e. The zero-order valence-electron chi connectivity index (χ0n) is 19.0. The van der Waals surface area contributed by atoms with Gasteiger partial charge in [-0.3, -0.25) is 10.2 Å². The molecule has 2 heterocycles. The second-order valence-corrected chi connectivity index (χ2v) is 8.75. The van der Waals surface area contributed by atoms with Gasteiger partial charge in [-0.2, -0.15) is 5.21 Å². The molecule has 1 fully saturated rings. The van der Waals surface area contributed by atoms with Gasteiger partial charge < -0.3 is 15.2 Å². The minimum atomic E-state index is -0.0330. The molecule has 0 unspecified atom stereocenters. The van der Waals surface area contributed by atoms with E-state index in [9.17, 15) is 4.79 Å². The Morgan fingerprint density at radius 3 is 2.65 bits per heavy atom. The summed E-state index contributed by atoms with van der Waals surface area (Å²) in [4.78, 5) is 20.1. The number of hydrogen-bond donors (Lipinski definition) is 3. The number of carbonyl (C=O) groups is 1. The molecule has 4 aromatic rings. The molecule has 1 amide bonds. The average Bonchev–Trinajstić information content (AvgIpc) is 3.58. The fraction of sp³-hybridized carbons (Fsp3) is 0.333. The molecule has 34 heavy (non-hydrogen) atoms. The number of carbonyl (C=O) groups excluding carboxylic acids is 1. The van der Waals surface area contributed by atoms with Crippen LogP contribution in [0.15, 0.2) is 42.5 Å². The summed E-state index contributed by atoms with van der Waals surface area (Å²) in [5.41, 5.74) is 10.1. The van der Waals surface area contributed by atoms with Crippen LogP contribution >= 0.6 is 0 Å². The summed E-state index contributed by atoms with van der Waals surface area (Å²) in [6.07, 6.45) is 4.97. The number of nitrogen functional groups attached to an aromatic ring is 1. The van der Waals surface area contributed by atoms with Gasteiger partial charge in [0.05, 0.1) is 17.5 Å². The zero-order chi connectivity index (χ0) is 23.7. The van der Waals surface area contributed by atoms with Crippen LogP contribution in [0, 0.1) is 5.41 Å². The summed E-state index contributed by atoms with van der Waals surface area (Å²) in [7, 11) is 2.00. The first-order valence-corrected chi connectivity index (χ1v) is 11.4. The van der Waals surface area contributed by atoms with Crippen molar-refractivity contribution < 1.29 is 4.79 Å². The maximum Gasteiger partial charge on any atom is 0.235 e. The van der Waals surface area contributed by atoms with E-state index in [1.807, 2.05) is 54.4 Å². The Hall–Kier alpha value is -4.08. The standard InChI is InChI=1S/C24H27N9O/c1-32-20-11-10-18(33(17-4-2-3-5-17)23(34)14-21-28-30-31-29-21)13-19(20)27-22(32)12-15-6-8-16(9-7-15)24(25)26/h6-11,13,17H,2-5,12,14H2,1H3,(H3,25,26)(H,28,29,30,31). The summed E-state index contributed by atoms with van der Waals surface area (Å²) >= 11 is 0. The molecule has 0 aliphatic heterocycles. The first-order valence-electron chi connectivity index (χ1n) is 11.4. The van der Waals surface area contributed by atoms with Crippen LogP contribution in [0.2, 0.25) is 0 Å². The number of nitrogens with zero attached hydrogens (tertiary/aromatic N) is 6. The number of amidine groups is 1. The number of amides is 1. The molecule has 1 aliphatic rings. The van der Waals surface area contributed by atoms with Gasteiger partial charge >= 0.3 is 0 Å². The second kappa shape index (κ2) is 9.05.